The highest BCUT2D eigenvalue weighted by Gasteiger charge is 2.33. The van der Waals surface area contributed by atoms with Crippen molar-refractivity contribution < 1.29 is 0 Å². The molecule has 21 heavy (non-hydrogen) atoms. The number of nitrogens with one attached hydrogen (secondary N) is 1. The van der Waals surface area contributed by atoms with Gasteiger partial charge in [0.1, 0.15) is 0 Å². The second-order valence-corrected chi connectivity index (χ2v) is 7.13. The lowest BCUT2D eigenvalue weighted by molar-refractivity contribution is 0.143. The molecule has 3 rings (SSSR count). The van der Waals surface area contributed by atoms with Crippen molar-refractivity contribution in [3.8, 4) is 0 Å². The highest BCUT2D eigenvalue weighted by molar-refractivity contribution is 5.13. The molecule has 0 bridgehead atoms. The summed E-state index contributed by atoms with van der Waals surface area (Å²) in [5.41, 5.74) is 1.32. The second-order valence-electron chi connectivity index (χ2n) is 7.13. The number of pyridine rings is 1. The van der Waals surface area contributed by atoms with Crippen molar-refractivity contribution in [3.05, 3.63) is 30.1 Å². The fraction of sp³-hybridized carbons (Fsp3) is 0.737. The largest absolute Gasteiger partial charge is 0.307 e. The molecule has 2 aliphatic carbocycles. The summed E-state index contributed by atoms with van der Waals surface area (Å²) in [4.78, 5) is 4.27. The molecule has 2 fully saturated rings. The van der Waals surface area contributed by atoms with Crippen LogP contribution in [0.3, 0.4) is 0 Å². The summed E-state index contributed by atoms with van der Waals surface area (Å²) in [5, 5.41) is 3.94. The van der Waals surface area contributed by atoms with Gasteiger partial charge in [0.25, 0.3) is 0 Å². The van der Waals surface area contributed by atoms with Crippen LogP contribution in [0.1, 0.15) is 76.3 Å². The van der Waals surface area contributed by atoms with E-state index in [-0.39, 0.29) is 0 Å². The second kappa shape index (κ2) is 7.40. The van der Waals surface area contributed by atoms with Gasteiger partial charge in [0.05, 0.1) is 0 Å². The lowest BCUT2D eigenvalue weighted by Crippen LogP contribution is -2.43. The average Bonchev–Trinajstić information content (AvgIpc) is 2.57. The smallest absolute Gasteiger partial charge is 0.0315 e. The molecule has 0 aliphatic heterocycles. The minimum atomic E-state index is 0.424. The Labute approximate surface area is 129 Å². The van der Waals surface area contributed by atoms with E-state index in [0.29, 0.717) is 6.04 Å². The van der Waals surface area contributed by atoms with E-state index >= 15 is 0 Å². The first-order valence-corrected chi connectivity index (χ1v) is 9.00. The van der Waals surface area contributed by atoms with Gasteiger partial charge in [-0.1, -0.05) is 51.0 Å². The fourth-order valence-electron chi connectivity index (χ4n) is 4.54. The van der Waals surface area contributed by atoms with Crippen LogP contribution in [0.4, 0.5) is 0 Å². The topological polar surface area (TPSA) is 24.9 Å². The van der Waals surface area contributed by atoms with Crippen molar-refractivity contribution in [2.45, 2.75) is 76.8 Å². The number of hydrogen-bond donors (Lipinski definition) is 1. The van der Waals surface area contributed by atoms with Crippen LogP contribution >= 0.6 is 0 Å². The predicted molar refractivity (Wildman–Crippen MR) is 88.1 cm³/mol. The summed E-state index contributed by atoms with van der Waals surface area (Å²) in [5.74, 6) is 1.90. The third kappa shape index (κ3) is 3.85. The monoisotopic (exact) mass is 286 g/mol. The third-order valence-electron chi connectivity index (χ3n) is 5.72. The van der Waals surface area contributed by atoms with Gasteiger partial charge in [0.15, 0.2) is 0 Å². The van der Waals surface area contributed by atoms with Crippen LogP contribution in [0, 0.1) is 11.8 Å². The van der Waals surface area contributed by atoms with Crippen LogP contribution in [-0.4, -0.2) is 11.0 Å². The Balaban J connectivity index is 1.63. The highest BCUT2D eigenvalue weighted by Crippen LogP contribution is 2.39. The van der Waals surface area contributed by atoms with E-state index in [2.05, 4.69) is 23.3 Å². The highest BCUT2D eigenvalue weighted by atomic mass is 15.0. The Morgan fingerprint density at radius 3 is 2.57 bits per heavy atom. The minimum absolute atomic E-state index is 0.424. The molecule has 1 heterocycles. The Hall–Kier alpha value is -0.890. The first kappa shape index (κ1) is 15.0. The Kier molecular flexibility index (Phi) is 5.29. The van der Waals surface area contributed by atoms with Crippen LogP contribution in [0.15, 0.2) is 24.5 Å². The van der Waals surface area contributed by atoms with Crippen molar-refractivity contribution in [1.82, 2.24) is 10.3 Å². The standard InChI is InChI=1S/C19H30N2/c1-15(17-10-7-13-20-14-17)21-19-12-6-5-11-18(19)16-8-3-2-4-9-16/h7,10,13-16,18-19,21H,2-6,8-9,11-12H2,1H3/t15-,18?,19?/m0/s1. The lowest BCUT2D eigenvalue weighted by Gasteiger charge is -2.40. The summed E-state index contributed by atoms with van der Waals surface area (Å²) >= 11 is 0. The number of hydrogen-bond acceptors (Lipinski definition) is 2. The van der Waals surface area contributed by atoms with Crippen molar-refractivity contribution in [1.29, 1.82) is 0 Å². The van der Waals surface area contributed by atoms with Gasteiger partial charge < -0.3 is 5.32 Å². The van der Waals surface area contributed by atoms with Crippen molar-refractivity contribution in [3.63, 3.8) is 0 Å². The van der Waals surface area contributed by atoms with E-state index in [1.54, 1.807) is 0 Å². The predicted octanol–water partition coefficient (Wildman–Crippen LogP) is 4.87. The number of aromatic nitrogens is 1. The normalized spacial score (nSPS) is 29.2. The van der Waals surface area contributed by atoms with E-state index in [1.165, 1.54) is 63.4 Å². The van der Waals surface area contributed by atoms with E-state index in [4.69, 9.17) is 0 Å². The van der Waals surface area contributed by atoms with Gasteiger partial charge in [0, 0.05) is 24.5 Å². The first-order valence-electron chi connectivity index (χ1n) is 9.00. The van der Waals surface area contributed by atoms with Crippen molar-refractivity contribution in [2.75, 3.05) is 0 Å². The van der Waals surface area contributed by atoms with Crippen LogP contribution in [-0.2, 0) is 0 Å². The maximum atomic E-state index is 4.27. The molecule has 2 unspecified atom stereocenters. The molecule has 2 nitrogen and oxygen atoms in total. The molecule has 2 aliphatic rings. The van der Waals surface area contributed by atoms with Gasteiger partial charge in [-0.25, -0.2) is 0 Å². The maximum absolute atomic E-state index is 4.27. The van der Waals surface area contributed by atoms with Gasteiger partial charge in [0.2, 0.25) is 0 Å². The van der Waals surface area contributed by atoms with Gasteiger partial charge in [-0.2, -0.15) is 0 Å². The van der Waals surface area contributed by atoms with Gasteiger partial charge >= 0.3 is 0 Å². The molecule has 0 radical (unpaired) electrons. The van der Waals surface area contributed by atoms with Gasteiger partial charge in [-0.15, -0.1) is 0 Å². The van der Waals surface area contributed by atoms with Crippen LogP contribution in [0.25, 0.3) is 0 Å². The molecule has 0 amide bonds. The average molecular weight is 286 g/mol. The van der Waals surface area contributed by atoms with Gasteiger partial charge in [-0.3, -0.25) is 4.98 Å². The van der Waals surface area contributed by atoms with E-state index in [0.717, 1.165) is 17.9 Å². The molecular weight excluding hydrogens is 256 g/mol. The van der Waals surface area contributed by atoms with Crippen LogP contribution < -0.4 is 5.32 Å². The number of nitrogens with zero attached hydrogens (tertiary/aromatic N) is 1. The molecule has 0 saturated heterocycles. The summed E-state index contributed by atoms with van der Waals surface area (Å²) in [6.07, 6.45) is 16.9. The fourth-order valence-corrected chi connectivity index (χ4v) is 4.54. The molecular formula is C19H30N2. The molecule has 116 valence electrons. The third-order valence-corrected chi connectivity index (χ3v) is 5.72. The Morgan fingerprint density at radius 2 is 1.81 bits per heavy atom. The Morgan fingerprint density at radius 1 is 1.05 bits per heavy atom. The molecule has 0 aromatic carbocycles. The van der Waals surface area contributed by atoms with Crippen molar-refractivity contribution in [2.24, 2.45) is 11.8 Å². The SMILES string of the molecule is C[C@H](NC1CCCCC1C1CCCCC1)c1cccnc1. The zero-order valence-electron chi connectivity index (χ0n) is 13.4. The summed E-state index contributed by atoms with van der Waals surface area (Å²) in [6, 6.07) is 5.39. The zero-order valence-corrected chi connectivity index (χ0v) is 13.4. The molecule has 0 spiro atoms. The summed E-state index contributed by atoms with van der Waals surface area (Å²) in [7, 11) is 0. The molecule has 3 atom stereocenters. The molecule has 2 saturated carbocycles. The lowest BCUT2D eigenvalue weighted by atomic mass is 9.70. The van der Waals surface area contributed by atoms with E-state index in [1.807, 2.05) is 18.5 Å². The minimum Gasteiger partial charge on any atom is -0.307 e. The zero-order chi connectivity index (χ0) is 14.5. The van der Waals surface area contributed by atoms with E-state index in [9.17, 15) is 0 Å². The van der Waals surface area contributed by atoms with Crippen molar-refractivity contribution >= 4 is 0 Å². The summed E-state index contributed by atoms with van der Waals surface area (Å²) in [6.45, 7) is 2.30. The van der Waals surface area contributed by atoms with Crippen LogP contribution in [0.5, 0.6) is 0 Å². The van der Waals surface area contributed by atoms with E-state index < -0.39 is 0 Å². The molecule has 1 aromatic rings. The maximum Gasteiger partial charge on any atom is 0.0315 e. The van der Waals surface area contributed by atoms with Gasteiger partial charge in [-0.05, 0) is 43.2 Å². The number of rotatable bonds is 4. The summed E-state index contributed by atoms with van der Waals surface area (Å²) < 4.78 is 0. The molecule has 1 N–H and O–H groups in total. The molecule has 2 heteroatoms. The Bertz CT molecular complexity index is 411. The molecule has 1 aromatic heterocycles. The van der Waals surface area contributed by atoms with Crippen LogP contribution in [0.2, 0.25) is 0 Å². The quantitative estimate of drug-likeness (QED) is 0.854. The first-order chi connectivity index (χ1) is 10.3.